The van der Waals surface area contributed by atoms with Gasteiger partial charge in [-0.25, -0.2) is 0 Å². The van der Waals surface area contributed by atoms with Crippen molar-refractivity contribution in [3.63, 3.8) is 0 Å². The first-order chi connectivity index (χ1) is 12.3. The van der Waals surface area contributed by atoms with Gasteiger partial charge >= 0.3 is 5.97 Å². The van der Waals surface area contributed by atoms with Gasteiger partial charge in [0.05, 0.1) is 12.0 Å². The van der Waals surface area contributed by atoms with Gasteiger partial charge in [-0.05, 0) is 54.9 Å². The SMILES string of the molecule is CC(C)CC(C)Oc1ccc2c(c1)C[C@@H](C)C(CN1CC(C(=O)O)C1)=C2. The predicted octanol–water partition coefficient (Wildman–Crippen LogP) is 4.09. The molecule has 0 amide bonds. The normalized spacial score (nSPS) is 21.7. The highest BCUT2D eigenvalue weighted by atomic mass is 16.5. The van der Waals surface area contributed by atoms with Crippen LogP contribution in [-0.2, 0) is 11.2 Å². The van der Waals surface area contributed by atoms with Crippen molar-refractivity contribution in [2.75, 3.05) is 19.6 Å². The lowest BCUT2D eigenvalue weighted by molar-refractivity contribution is -0.147. The average Bonchev–Trinajstić information content (AvgIpc) is 2.49. The Labute approximate surface area is 156 Å². The van der Waals surface area contributed by atoms with Crippen molar-refractivity contribution in [3.8, 4) is 5.75 Å². The molecule has 2 aliphatic rings. The van der Waals surface area contributed by atoms with Gasteiger partial charge in [-0.1, -0.05) is 38.5 Å². The minimum absolute atomic E-state index is 0.186. The number of carbonyl (C=O) groups is 1. The maximum atomic E-state index is 11.0. The highest BCUT2D eigenvalue weighted by molar-refractivity contribution is 5.71. The molecule has 142 valence electrons. The van der Waals surface area contributed by atoms with Gasteiger partial charge in [-0.2, -0.15) is 0 Å². The van der Waals surface area contributed by atoms with E-state index < -0.39 is 5.97 Å². The van der Waals surface area contributed by atoms with Crippen LogP contribution in [0.3, 0.4) is 0 Å². The number of aliphatic carboxylic acids is 1. The van der Waals surface area contributed by atoms with E-state index in [0.717, 1.165) is 25.1 Å². The summed E-state index contributed by atoms with van der Waals surface area (Å²) in [6, 6.07) is 6.43. The van der Waals surface area contributed by atoms with Gasteiger partial charge < -0.3 is 9.84 Å². The number of nitrogens with zero attached hydrogens (tertiary/aromatic N) is 1. The van der Waals surface area contributed by atoms with Crippen molar-refractivity contribution in [2.24, 2.45) is 17.8 Å². The number of fused-ring (bicyclic) bond motifs is 1. The van der Waals surface area contributed by atoms with Crippen molar-refractivity contribution in [2.45, 2.75) is 46.6 Å². The Hall–Kier alpha value is -1.81. The number of hydrogen-bond donors (Lipinski definition) is 1. The summed E-state index contributed by atoms with van der Waals surface area (Å²) < 4.78 is 6.09. The molecule has 4 heteroatoms. The minimum Gasteiger partial charge on any atom is -0.491 e. The summed E-state index contributed by atoms with van der Waals surface area (Å²) in [6.45, 7) is 11.1. The topological polar surface area (TPSA) is 49.8 Å². The van der Waals surface area contributed by atoms with E-state index in [-0.39, 0.29) is 12.0 Å². The molecular weight excluding hydrogens is 326 g/mol. The minimum atomic E-state index is -0.670. The summed E-state index contributed by atoms with van der Waals surface area (Å²) in [5.74, 6) is 1.23. The van der Waals surface area contributed by atoms with E-state index in [1.807, 2.05) is 0 Å². The molecule has 3 rings (SSSR count). The lowest BCUT2D eigenvalue weighted by Gasteiger charge is -2.38. The average molecular weight is 357 g/mol. The third-order valence-corrected chi connectivity index (χ3v) is 5.47. The zero-order valence-electron chi connectivity index (χ0n) is 16.4. The van der Waals surface area contributed by atoms with E-state index in [2.05, 4.69) is 56.9 Å². The van der Waals surface area contributed by atoms with Crippen molar-refractivity contribution >= 4 is 12.0 Å². The summed E-state index contributed by atoms with van der Waals surface area (Å²) in [7, 11) is 0. The smallest absolute Gasteiger partial charge is 0.309 e. The monoisotopic (exact) mass is 357 g/mol. The number of carboxylic acids is 1. The Bertz CT molecular complexity index is 689. The zero-order chi connectivity index (χ0) is 18.8. The van der Waals surface area contributed by atoms with Crippen LogP contribution in [0.5, 0.6) is 5.75 Å². The molecule has 4 nitrogen and oxygen atoms in total. The molecule has 1 aromatic carbocycles. The third-order valence-electron chi connectivity index (χ3n) is 5.47. The van der Waals surface area contributed by atoms with Gasteiger partial charge in [0.1, 0.15) is 5.75 Å². The molecule has 1 N–H and O–H groups in total. The molecule has 2 atom stereocenters. The highest BCUT2D eigenvalue weighted by Gasteiger charge is 2.33. The molecule has 1 unspecified atom stereocenters. The second kappa shape index (κ2) is 7.83. The first kappa shape index (κ1) is 19.0. The predicted molar refractivity (Wildman–Crippen MR) is 104 cm³/mol. The summed E-state index contributed by atoms with van der Waals surface area (Å²) in [6.07, 6.45) is 4.60. The fourth-order valence-electron chi connectivity index (χ4n) is 4.04. The van der Waals surface area contributed by atoms with Gasteiger partial charge in [0, 0.05) is 19.6 Å². The maximum Gasteiger partial charge on any atom is 0.309 e. The van der Waals surface area contributed by atoms with E-state index >= 15 is 0 Å². The van der Waals surface area contributed by atoms with Crippen LogP contribution in [0.25, 0.3) is 6.08 Å². The second-order valence-electron chi connectivity index (χ2n) is 8.47. The van der Waals surface area contributed by atoms with Crippen LogP contribution < -0.4 is 4.74 Å². The molecule has 0 saturated carbocycles. The number of ether oxygens (including phenoxy) is 1. The lowest BCUT2D eigenvalue weighted by Crippen LogP contribution is -2.51. The number of rotatable bonds is 7. The Morgan fingerprint density at radius 3 is 2.69 bits per heavy atom. The summed E-state index contributed by atoms with van der Waals surface area (Å²) in [4.78, 5) is 13.2. The van der Waals surface area contributed by atoms with Crippen LogP contribution in [0.2, 0.25) is 0 Å². The molecule has 1 heterocycles. The van der Waals surface area contributed by atoms with Crippen molar-refractivity contribution in [1.29, 1.82) is 0 Å². The molecule has 0 radical (unpaired) electrons. The molecule has 1 aromatic rings. The van der Waals surface area contributed by atoms with E-state index in [1.54, 1.807) is 0 Å². The highest BCUT2D eigenvalue weighted by Crippen LogP contribution is 2.33. The fraction of sp³-hybridized carbons (Fsp3) is 0.591. The fourth-order valence-corrected chi connectivity index (χ4v) is 4.04. The molecule has 1 aliphatic heterocycles. The van der Waals surface area contributed by atoms with Gasteiger partial charge in [0.25, 0.3) is 0 Å². The van der Waals surface area contributed by atoms with Crippen LogP contribution in [-0.4, -0.2) is 41.7 Å². The largest absolute Gasteiger partial charge is 0.491 e. The van der Waals surface area contributed by atoms with E-state index in [4.69, 9.17) is 9.84 Å². The van der Waals surface area contributed by atoms with Crippen LogP contribution in [0.4, 0.5) is 0 Å². The van der Waals surface area contributed by atoms with Gasteiger partial charge in [0.2, 0.25) is 0 Å². The standard InChI is InChI=1S/C22H31NO3/c1-14(2)7-16(4)26-21-6-5-17-9-19(15(3)8-18(17)10-21)11-23-12-20(13-23)22(24)25/h5-6,9-10,14-16,20H,7-8,11-13H2,1-4H3,(H,24,25)/t15-,16?/m1/s1. The molecule has 1 saturated heterocycles. The zero-order valence-corrected chi connectivity index (χ0v) is 16.4. The first-order valence-electron chi connectivity index (χ1n) is 9.77. The Kier molecular flexibility index (Phi) is 5.71. The number of likely N-dealkylation sites (tertiary alicyclic amines) is 1. The van der Waals surface area contributed by atoms with Gasteiger partial charge in [-0.3, -0.25) is 9.69 Å². The van der Waals surface area contributed by atoms with E-state index in [9.17, 15) is 4.79 Å². The molecule has 1 fully saturated rings. The van der Waals surface area contributed by atoms with Crippen LogP contribution in [0.1, 0.15) is 45.2 Å². The lowest BCUT2D eigenvalue weighted by atomic mass is 9.83. The molecule has 0 aromatic heterocycles. The molecule has 26 heavy (non-hydrogen) atoms. The second-order valence-corrected chi connectivity index (χ2v) is 8.47. The summed E-state index contributed by atoms with van der Waals surface area (Å²) in [5, 5.41) is 9.02. The Morgan fingerprint density at radius 2 is 2.04 bits per heavy atom. The molecule has 0 bridgehead atoms. The third kappa shape index (κ3) is 4.47. The van der Waals surface area contributed by atoms with Gasteiger partial charge in [0.15, 0.2) is 0 Å². The van der Waals surface area contributed by atoms with E-state index in [1.165, 1.54) is 16.7 Å². The Morgan fingerprint density at radius 1 is 1.31 bits per heavy atom. The number of hydrogen-bond acceptors (Lipinski definition) is 3. The van der Waals surface area contributed by atoms with E-state index in [0.29, 0.717) is 24.9 Å². The number of carboxylic acid groups (broad SMARTS) is 1. The Balaban J connectivity index is 1.64. The van der Waals surface area contributed by atoms with Crippen molar-refractivity contribution in [1.82, 2.24) is 4.90 Å². The van der Waals surface area contributed by atoms with Crippen LogP contribution in [0, 0.1) is 17.8 Å². The molecular formula is C22H31NO3. The summed E-state index contributed by atoms with van der Waals surface area (Å²) in [5.41, 5.74) is 4.03. The molecule has 1 aliphatic carbocycles. The number of benzene rings is 1. The van der Waals surface area contributed by atoms with Crippen LogP contribution in [0.15, 0.2) is 23.8 Å². The van der Waals surface area contributed by atoms with Crippen molar-refractivity contribution < 1.29 is 14.6 Å². The maximum absolute atomic E-state index is 11.0. The summed E-state index contributed by atoms with van der Waals surface area (Å²) >= 11 is 0. The van der Waals surface area contributed by atoms with Crippen LogP contribution >= 0.6 is 0 Å². The molecule has 0 spiro atoms. The first-order valence-corrected chi connectivity index (χ1v) is 9.77. The quantitative estimate of drug-likeness (QED) is 0.798. The van der Waals surface area contributed by atoms with Gasteiger partial charge in [-0.15, -0.1) is 0 Å². The van der Waals surface area contributed by atoms with Crippen molar-refractivity contribution in [3.05, 3.63) is 34.9 Å².